The summed E-state index contributed by atoms with van der Waals surface area (Å²) in [6.07, 6.45) is 0.773. The molecule has 4 nitrogen and oxygen atoms in total. The molecular weight excluding hydrogens is 300 g/mol. The maximum absolute atomic E-state index is 10.4. The second-order valence-electron chi connectivity index (χ2n) is 6.89. The summed E-state index contributed by atoms with van der Waals surface area (Å²) in [7, 11) is 0. The zero-order valence-corrected chi connectivity index (χ0v) is 14.2. The van der Waals surface area contributed by atoms with E-state index in [9.17, 15) is 5.11 Å². The molecule has 4 heteroatoms. The lowest BCUT2D eigenvalue weighted by molar-refractivity contribution is 0.106. The predicted molar refractivity (Wildman–Crippen MR) is 95.1 cm³/mol. The first-order valence-electron chi connectivity index (χ1n) is 8.06. The quantitative estimate of drug-likeness (QED) is 0.787. The zero-order valence-electron chi connectivity index (χ0n) is 14.2. The normalized spacial score (nSPS) is 13.0. The molecule has 0 saturated heterocycles. The minimum atomic E-state index is -0.701. The van der Waals surface area contributed by atoms with Crippen molar-refractivity contribution in [1.29, 1.82) is 0 Å². The van der Waals surface area contributed by atoms with E-state index in [0.717, 1.165) is 16.5 Å². The van der Waals surface area contributed by atoms with Gasteiger partial charge in [0.25, 0.3) is 0 Å². The number of fused-ring (bicyclic) bond motifs is 1. The van der Waals surface area contributed by atoms with Gasteiger partial charge in [-0.1, -0.05) is 57.2 Å². The number of hydrogen-bond donors (Lipinski definition) is 1. The third-order valence-electron chi connectivity index (χ3n) is 4.05. The van der Waals surface area contributed by atoms with Crippen LogP contribution < -0.4 is 4.74 Å². The lowest BCUT2D eigenvalue weighted by Gasteiger charge is -2.20. The molecule has 0 saturated carbocycles. The Bertz CT molecular complexity index is 818. The smallest absolute Gasteiger partial charge is 0.224 e. The summed E-state index contributed by atoms with van der Waals surface area (Å²) in [5.41, 5.74) is 2.99. The van der Waals surface area contributed by atoms with Crippen molar-refractivity contribution in [2.45, 2.75) is 32.3 Å². The molecule has 0 amide bonds. The number of rotatable bonds is 4. The fourth-order valence-corrected chi connectivity index (χ4v) is 2.55. The van der Waals surface area contributed by atoms with Crippen molar-refractivity contribution in [2.24, 2.45) is 0 Å². The molecule has 0 aliphatic heterocycles. The molecule has 0 bridgehead atoms. The van der Waals surface area contributed by atoms with Crippen LogP contribution in [-0.4, -0.2) is 21.7 Å². The van der Waals surface area contributed by atoms with E-state index in [2.05, 4.69) is 42.9 Å². The van der Waals surface area contributed by atoms with Crippen molar-refractivity contribution in [3.8, 4) is 5.88 Å². The molecular formula is C20H22N2O2. The highest BCUT2D eigenvalue weighted by atomic mass is 16.5. The number of aliphatic hydroxyl groups is 1. The SMILES string of the molecule is CC(C)(C)c1ccc(C(O)COc2ncnc3ccccc23)cc1. The van der Waals surface area contributed by atoms with Crippen LogP contribution in [0.25, 0.3) is 10.9 Å². The average molecular weight is 322 g/mol. The van der Waals surface area contributed by atoms with Gasteiger partial charge in [0.05, 0.1) is 10.9 Å². The summed E-state index contributed by atoms with van der Waals surface area (Å²) in [4.78, 5) is 8.38. The first kappa shape index (κ1) is 16.4. The van der Waals surface area contributed by atoms with E-state index in [1.165, 1.54) is 11.9 Å². The molecule has 24 heavy (non-hydrogen) atoms. The van der Waals surface area contributed by atoms with Crippen molar-refractivity contribution in [3.05, 3.63) is 66.0 Å². The zero-order chi connectivity index (χ0) is 17.2. The molecule has 124 valence electrons. The van der Waals surface area contributed by atoms with Gasteiger partial charge in [0, 0.05) is 0 Å². The monoisotopic (exact) mass is 322 g/mol. The average Bonchev–Trinajstić information content (AvgIpc) is 2.59. The molecule has 1 N–H and O–H groups in total. The van der Waals surface area contributed by atoms with Gasteiger partial charge in [-0.2, -0.15) is 0 Å². The Morgan fingerprint density at radius 3 is 2.42 bits per heavy atom. The molecule has 1 heterocycles. The van der Waals surface area contributed by atoms with Crippen molar-refractivity contribution in [1.82, 2.24) is 9.97 Å². The van der Waals surface area contributed by atoms with E-state index in [1.54, 1.807) is 0 Å². The van der Waals surface area contributed by atoms with Crippen LogP contribution in [-0.2, 0) is 5.41 Å². The third kappa shape index (κ3) is 3.54. The summed E-state index contributed by atoms with van der Waals surface area (Å²) in [5, 5.41) is 11.2. The Labute approximate surface area is 142 Å². The second-order valence-corrected chi connectivity index (χ2v) is 6.89. The first-order valence-corrected chi connectivity index (χ1v) is 8.06. The molecule has 0 aliphatic carbocycles. The number of ether oxygens (including phenoxy) is 1. The van der Waals surface area contributed by atoms with Gasteiger partial charge in [0.1, 0.15) is 19.0 Å². The molecule has 3 rings (SSSR count). The molecule has 0 spiro atoms. The second kappa shape index (κ2) is 6.57. The summed E-state index contributed by atoms with van der Waals surface area (Å²) in [6, 6.07) is 15.7. The number of aromatic nitrogens is 2. The minimum absolute atomic E-state index is 0.0971. The highest BCUT2D eigenvalue weighted by Crippen LogP contribution is 2.25. The van der Waals surface area contributed by atoms with Gasteiger partial charge >= 0.3 is 0 Å². The molecule has 1 aromatic heterocycles. The van der Waals surface area contributed by atoms with Gasteiger partial charge in [-0.25, -0.2) is 9.97 Å². The van der Waals surface area contributed by atoms with Crippen LogP contribution in [0, 0.1) is 0 Å². The molecule has 2 aromatic carbocycles. The standard InChI is InChI=1S/C20H22N2O2/c1-20(2,3)15-10-8-14(9-11-15)18(23)12-24-19-16-6-4-5-7-17(16)21-13-22-19/h4-11,13,18,23H,12H2,1-3H3. The topological polar surface area (TPSA) is 55.2 Å². The summed E-state index contributed by atoms with van der Waals surface area (Å²) < 4.78 is 5.73. The van der Waals surface area contributed by atoms with Crippen LogP contribution in [0.2, 0.25) is 0 Å². The molecule has 0 aliphatic rings. The summed E-state index contributed by atoms with van der Waals surface area (Å²) >= 11 is 0. The van der Waals surface area contributed by atoms with Crippen molar-refractivity contribution in [2.75, 3.05) is 6.61 Å². The molecule has 0 fully saturated rings. The highest BCUT2D eigenvalue weighted by molar-refractivity contribution is 5.82. The van der Waals surface area contributed by atoms with Gasteiger partial charge in [-0.05, 0) is 28.7 Å². The maximum Gasteiger partial charge on any atom is 0.224 e. The number of benzene rings is 2. The Hall–Kier alpha value is -2.46. The maximum atomic E-state index is 10.4. The molecule has 3 aromatic rings. The Morgan fingerprint density at radius 2 is 1.71 bits per heavy atom. The van der Waals surface area contributed by atoms with E-state index in [4.69, 9.17) is 4.74 Å². The summed E-state index contributed by atoms with van der Waals surface area (Å²) in [6.45, 7) is 6.65. The van der Waals surface area contributed by atoms with E-state index in [0.29, 0.717) is 5.88 Å². The van der Waals surface area contributed by atoms with Gasteiger partial charge in [-0.3, -0.25) is 0 Å². The van der Waals surface area contributed by atoms with Gasteiger partial charge in [-0.15, -0.1) is 0 Å². The van der Waals surface area contributed by atoms with Gasteiger partial charge in [0.2, 0.25) is 5.88 Å². The number of aliphatic hydroxyl groups excluding tert-OH is 1. The lowest BCUT2D eigenvalue weighted by atomic mass is 9.86. The molecule has 1 unspecified atom stereocenters. The predicted octanol–water partition coefficient (Wildman–Crippen LogP) is 4.04. The first-order chi connectivity index (χ1) is 11.4. The minimum Gasteiger partial charge on any atom is -0.474 e. The van der Waals surface area contributed by atoms with Crippen LogP contribution in [0.5, 0.6) is 5.88 Å². The van der Waals surface area contributed by atoms with E-state index < -0.39 is 6.10 Å². The van der Waals surface area contributed by atoms with Crippen LogP contribution in [0.4, 0.5) is 0 Å². The number of para-hydroxylation sites is 1. The molecule has 1 atom stereocenters. The van der Waals surface area contributed by atoms with Crippen molar-refractivity contribution in [3.63, 3.8) is 0 Å². The Balaban J connectivity index is 1.72. The number of hydrogen-bond acceptors (Lipinski definition) is 4. The molecule has 0 radical (unpaired) electrons. The van der Waals surface area contributed by atoms with E-state index >= 15 is 0 Å². The van der Waals surface area contributed by atoms with E-state index in [1.807, 2.05) is 36.4 Å². The van der Waals surface area contributed by atoms with Crippen LogP contribution in [0.3, 0.4) is 0 Å². The highest BCUT2D eigenvalue weighted by Gasteiger charge is 2.15. The van der Waals surface area contributed by atoms with Crippen molar-refractivity contribution < 1.29 is 9.84 Å². The summed E-state index contributed by atoms with van der Waals surface area (Å²) in [5.74, 6) is 0.492. The van der Waals surface area contributed by atoms with Gasteiger partial charge < -0.3 is 9.84 Å². The lowest BCUT2D eigenvalue weighted by Crippen LogP contribution is -2.13. The van der Waals surface area contributed by atoms with Crippen LogP contribution >= 0.6 is 0 Å². The third-order valence-corrected chi connectivity index (χ3v) is 4.05. The fraction of sp³-hybridized carbons (Fsp3) is 0.300. The van der Waals surface area contributed by atoms with Gasteiger partial charge in [0.15, 0.2) is 0 Å². The van der Waals surface area contributed by atoms with Crippen molar-refractivity contribution >= 4 is 10.9 Å². The largest absolute Gasteiger partial charge is 0.474 e. The van der Waals surface area contributed by atoms with Crippen LogP contribution in [0.1, 0.15) is 38.0 Å². The fourth-order valence-electron chi connectivity index (χ4n) is 2.55. The van der Waals surface area contributed by atoms with E-state index in [-0.39, 0.29) is 12.0 Å². The van der Waals surface area contributed by atoms with Crippen LogP contribution in [0.15, 0.2) is 54.9 Å². The Kier molecular flexibility index (Phi) is 4.49. The number of nitrogens with zero attached hydrogens (tertiary/aromatic N) is 2. The Morgan fingerprint density at radius 1 is 1.00 bits per heavy atom.